The van der Waals surface area contributed by atoms with Gasteiger partial charge in [0.2, 0.25) is 0 Å². The van der Waals surface area contributed by atoms with E-state index in [1.807, 2.05) is 66.3 Å². The summed E-state index contributed by atoms with van der Waals surface area (Å²) < 4.78 is 1.99. The summed E-state index contributed by atoms with van der Waals surface area (Å²) in [4.78, 5) is 33.9. The first kappa shape index (κ1) is 20.4. The topological polar surface area (TPSA) is 79.3 Å². The summed E-state index contributed by atoms with van der Waals surface area (Å²) in [5.74, 6) is 0.0758. The van der Waals surface area contributed by atoms with Crippen molar-refractivity contribution < 1.29 is 9.59 Å². The molecule has 1 saturated heterocycles. The van der Waals surface area contributed by atoms with Gasteiger partial charge in [0.25, 0.3) is 11.8 Å². The van der Waals surface area contributed by atoms with Gasteiger partial charge in [0.1, 0.15) is 5.82 Å². The number of pyridine rings is 1. The molecule has 2 amide bonds. The first-order valence-electron chi connectivity index (χ1n) is 12.1. The smallest absolute Gasteiger partial charge is 0.261 e. The predicted molar refractivity (Wildman–Crippen MR) is 137 cm³/mol. The number of aromatic nitrogens is 2. The van der Waals surface area contributed by atoms with Crippen molar-refractivity contribution in [1.82, 2.24) is 20.2 Å². The van der Waals surface area contributed by atoms with Crippen LogP contribution in [-0.2, 0) is 16.6 Å². The number of hydrogen-bond donors (Lipinski definition) is 2. The standard InChI is InChI=1S/C28H25N5O2/c1-32-15-20(19-8-4-5-9-21(19)32)23-24(27(35)31-26(23)34)25-18-7-3-2-6-17(18)14-22(30-25)33-13-12-29-28(16-33)10-11-28/h2-9,14-15,29H,10-13,16H2,1H3,(H,31,34,35). The number of rotatable bonds is 3. The van der Waals surface area contributed by atoms with Crippen molar-refractivity contribution in [3.63, 3.8) is 0 Å². The third-order valence-electron chi connectivity index (χ3n) is 7.61. The molecule has 35 heavy (non-hydrogen) atoms. The number of piperazine rings is 1. The number of carbonyl (C=O) groups excluding carboxylic acids is 2. The monoisotopic (exact) mass is 463 g/mol. The Morgan fingerprint density at radius 2 is 1.69 bits per heavy atom. The zero-order chi connectivity index (χ0) is 23.7. The summed E-state index contributed by atoms with van der Waals surface area (Å²) >= 11 is 0. The van der Waals surface area contributed by atoms with E-state index in [2.05, 4.69) is 21.6 Å². The Labute approximate surface area is 202 Å². The van der Waals surface area contributed by atoms with Crippen molar-refractivity contribution in [2.45, 2.75) is 18.4 Å². The molecule has 7 rings (SSSR count). The van der Waals surface area contributed by atoms with E-state index >= 15 is 0 Å². The third kappa shape index (κ3) is 3.12. The Kier molecular flexibility index (Phi) is 4.23. The number of anilines is 1. The molecular formula is C28H25N5O2. The highest BCUT2D eigenvalue weighted by Crippen LogP contribution is 2.41. The normalized spacial score (nSPS) is 19.3. The number of amides is 2. The second kappa shape index (κ2) is 7.26. The van der Waals surface area contributed by atoms with Crippen molar-refractivity contribution in [1.29, 1.82) is 0 Å². The fourth-order valence-corrected chi connectivity index (χ4v) is 5.65. The fraction of sp³-hybridized carbons (Fsp3) is 0.250. The average molecular weight is 464 g/mol. The molecule has 7 nitrogen and oxygen atoms in total. The van der Waals surface area contributed by atoms with Crippen molar-refractivity contribution in [3.05, 3.63) is 72.1 Å². The van der Waals surface area contributed by atoms with E-state index in [9.17, 15) is 9.59 Å². The molecule has 0 unspecified atom stereocenters. The van der Waals surface area contributed by atoms with Gasteiger partial charge in [-0.05, 0) is 30.4 Å². The van der Waals surface area contributed by atoms with Crippen molar-refractivity contribution in [2.24, 2.45) is 7.05 Å². The maximum absolute atomic E-state index is 13.3. The number of carbonyl (C=O) groups is 2. The highest BCUT2D eigenvalue weighted by atomic mass is 16.2. The van der Waals surface area contributed by atoms with E-state index < -0.39 is 5.91 Å². The van der Waals surface area contributed by atoms with E-state index in [1.54, 1.807) is 0 Å². The number of aryl methyl sites for hydroxylation is 1. The van der Waals surface area contributed by atoms with Crippen molar-refractivity contribution in [2.75, 3.05) is 24.5 Å². The lowest BCUT2D eigenvalue weighted by molar-refractivity contribution is -0.122. The predicted octanol–water partition coefficient (Wildman–Crippen LogP) is 3.24. The SMILES string of the molecule is Cn1cc(C2=C(c3nc(N4CCNC5(CC5)C4)cc4ccccc34)C(=O)NC2=O)c2ccccc21. The minimum absolute atomic E-state index is 0.194. The molecule has 1 spiro atoms. The lowest BCUT2D eigenvalue weighted by atomic mass is 9.96. The minimum atomic E-state index is -0.397. The van der Waals surface area contributed by atoms with Crippen LogP contribution in [0.3, 0.4) is 0 Å². The Balaban J connectivity index is 1.48. The molecule has 2 aromatic heterocycles. The van der Waals surface area contributed by atoms with Crippen LogP contribution in [0.25, 0.3) is 32.8 Å². The quantitative estimate of drug-likeness (QED) is 0.456. The summed E-state index contributed by atoms with van der Waals surface area (Å²) in [6.07, 6.45) is 4.28. The van der Waals surface area contributed by atoms with Crippen molar-refractivity contribution in [3.8, 4) is 0 Å². The maximum Gasteiger partial charge on any atom is 0.261 e. The number of benzene rings is 2. The zero-order valence-corrected chi connectivity index (χ0v) is 19.5. The molecule has 4 heterocycles. The highest BCUT2D eigenvalue weighted by molar-refractivity contribution is 6.50. The minimum Gasteiger partial charge on any atom is -0.353 e. The average Bonchev–Trinajstić information content (AvgIpc) is 3.43. The largest absolute Gasteiger partial charge is 0.353 e. The van der Waals surface area contributed by atoms with Gasteiger partial charge in [-0.1, -0.05) is 42.5 Å². The van der Waals surface area contributed by atoms with Crippen LogP contribution < -0.4 is 15.5 Å². The lowest BCUT2D eigenvalue weighted by Crippen LogP contribution is -2.52. The first-order chi connectivity index (χ1) is 17.0. The van der Waals surface area contributed by atoms with Crippen LogP contribution in [-0.4, -0.2) is 46.5 Å². The summed E-state index contributed by atoms with van der Waals surface area (Å²) in [7, 11) is 1.95. The van der Waals surface area contributed by atoms with Gasteiger partial charge in [-0.3, -0.25) is 14.9 Å². The van der Waals surface area contributed by atoms with Gasteiger partial charge < -0.3 is 14.8 Å². The molecule has 2 N–H and O–H groups in total. The number of fused-ring (bicyclic) bond motifs is 2. The van der Waals surface area contributed by atoms with Crippen LogP contribution in [0.5, 0.6) is 0 Å². The van der Waals surface area contributed by atoms with Gasteiger partial charge in [0, 0.05) is 60.3 Å². The summed E-state index contributed by atoms with van der Waals surface area (Å²) in [5, 5.41) is 9.01. The van der Waals surface area contributed by atoms with E-state index in [-0.39, 0.29) is 11.4 Å². The van der Waals surface area contributed by atoms with Gasteiger partial charge >= 0.3 is 0 Å². The van der Waals surface area contributed by atoms with Crippen LogP contribution in [0.2, 0.25) is 0 Å². The lowest BCUT2D eigenvalue weighted by Gasteiger charge is -2.35. The van der Waals surface area contributed by atoms with Gasteiger partial charge in [-0.15, -0.1) is 0 Å². The number of nitrogens with zero attached hydrogens (tertiary/aromatic N) is 3. The highest BCUT2D eigenvalue weighted by Gasteiger charge is 2.46. The Morgan fingerprint density at radius 3 is 2.51 bits per heavy atom. The number of nitrogens with one attached hydrogen (secondary N) is 2. The molecule has 1 saturated carbocycles. The maximum atomic E-state index is 13.3. The molecule has 2 aromatic carbocycles. The first-order valence-corrected chi connectivity index (χ1v) is 12.1. The van der Waals surface area contributed by atoms with Crippen molar-refractivity contribution >= 4 is 50.5 Å². The summed E-state index contributed by atoms with van der Waals surface area (Å²) in [6, 6.07) is 18.0. The Bertz CT molecular complexity index is 1590. The zero-order valence-electron chi connectivity index (χ0n) is 19.5. The second-order valence-electron chi connectivity index (χ2n) is 9.88. The van der Waals surface area contributed by atoms with Crippen LogP contribution >= 0.6 is 0 Å². The third-order valence-corrected chi connectivity index (χ3v) is 7.61. The van der Waals surface area contributed by atoms with E-state index in [4.69, 9.17) is 4.98 Å². The van der Waals surface area contributed by atoms with Gasteiger partial charge in [0.05, 0.1) is 16.8 Å². The van der Waals surface area contributed by atoms with E-state index in [0.717, 1.165) is 52.7 Å². The molecule has 1 aliphatic carbocycles. The molecule has 2 fully saturated rings. The van der Waals surface area contributed by atoms with Crippen LogP contribution in [0.4, 0.5) is 5.82 Å². The number of imide groups is 1. The number of hydrogen-bond acceptors (Lipinski definition) is 5. The van der Waals surface area contributed by atoms with E-state index in [0.29, 0.717) is 16.8 Å². The second-order valence-corrected chi connectivity index (χ2v) is 9.88. The molecule has 0 atom stereocenters. The van der Waals surface area contributed by atoms with Crippen LogP contribution in [0.15, 0.2) is 60.8 Å². The molecular weight excluding hydrogens is 438 g/mol. The summed E-state index contributed by atoms with van der Waals surface area (Å²) in [6.45, 7) is 2.66. The van der Waals surface area contributed by atoms with Gasteiger partial charge in [-0.25, -0.2) is 4.98 Å². The molecule has 0 radical (unpaired) electrons. The van der Waals surface area contributed by atoms with Crippen LogP contribution in [0, 0.1) is 0 Å². The van der Waals surface area contributed by atoms with Crippen LogP contribution in [0.1, 0.15) is 24.1 Å². The molecule has 3 aliphatic rings. The molecule has 174 valence electrons. The molecule has 0 bridgehead atoms. The number of para-hydroxylation sites is 1. The fourth-order valence-electron chi connectivity index (χ4n) is 5.65. The van der Waals surface area contributed by atoms with E-state index in [1.165, 1.54) is 12.8 Å². The van der Waals surface area contributed by atoms with Gasteiger partial charge in [0.15, 0.2) is 0 Å². The van der Waals surface area contributed by atoms with Gasteiger partial charge in [-0.2, -0.15) is 0 Å². The molecule has 7 heteroatoms. The Morgan fingerprint density at radius 1 is 0.943 bits per heavy atom. The summed E-state index contributed by atoms with van der Waals surface area (Å²) in [5.41, 5.74) is 3.24. The Hall–Kier alpha value is -3.97. The molecule has 2 aliphatic heterocycles. The molecule has 4 aromatic rings.